The Hall–Kier alpha value is -1.98. The Morgan fingerprint density at radius 1 is 1.50 bits per heavy atom. The Morgan fingerprint density at radius 2 is 2.29 bits per heavy atom. The lowest BCUT2D eigenvalue weighted by molar-refractivity contribution is 0.100. The lowest BCUT2D eigenvalue weighted by Crippen LogP contribution is -2.05. The molecule has 14 heavy (non-hydrogen) atoms. The van der Waals surface area contributed by atoms with Crippen molar-refractivity contribution >= 4 is 5.78 Å². The van der Waals surface area contributed by atoms with E-state index in [1.54, 1.807) is 0 Å². The van der Waals surface area contributed by atoms with E-state index in [1.165, 1.54) is 11.7 Å². The van der Waals surface area contributed by atoms with Gasteiger partial charge < -0.3 is 4.57 Å². The zero-order valence-electron chi connectivity index (χ0n) is 7.88. The second-order valence-corrected chi connectivity index (χ2v) is 2.94. The van der Waals surface area contributed by atoms with Gasteiger partial charge in [-0.15, -0.1) is 15.0 Å². The number of hydrogen-bond donors (Lipinski definition) is 0. The van der Waals surface area contributed by atoms with Crippen LogP contribution >= 0.6 is 0 Å². The number of carbonyl (C=O) groups excluding carboxylic acids is 1. The minimum absolute atomic E-state index is 0.131. The summed E-state index contributed by atoms with van der Waals surface area (Å²) in [4.78, 5) is 12.3. The maximum absolute atomic E-state index is 10.9. The van der Waals surface area contributed by atoms with E-state index in [1.807, 2.05) is 29.9 Å². The number of aryl methyl sites for hydroxylation is 1. The molecule has 0 unspecified atom stereocenters. The fraction of sp³-hybridized carbons (Fsp3) is 0.250. The smallest absolute Gasteiger partial charge is 0.240 e. The predicted octanol–water partition coefficient (Wildman–Crippen LogP) is 0.203. The summed E-state index contributed by atoms with van der Waals surface area (Å²) in [6, 6.07) is 3.71. The minimum atomic E-state index is -0.189. The summed E-state index contributed by atoms with van der Waals surface area (Å²) in [7, 11) is 1.87. The SMILES string of the molecule is CC(=O)c1nnn(-c2cccn2C)n1. The standard InChI is InChI=1S/C8H9N5O/c1-6(14)8-9-11-13(10-8)7-4-3-5-12(7)2/h3-5H,1-2H3. The van der Waals surface area contributed by atoms with Gasteiger partial charge in [0, 0.05) is 20.2 Å². The second kappa shape index (κ2) is 3.06. The van der Waals surface area contributed by atoms with E-state index in [4.69, 9.17) is 0 Å². The largest absolute Gasteiger partial charge is 0.335 e. The Bertz CT molecular complexity index is 470. The maximum atomic E-state index is 10.9. The Labute approximate surface area is 80.1 Å². The average Bonchev–Trinajstić information content (AvgIpc) is 2.71. The van der Waals surface area contributed by atoms with E-state index < -0.39 is 0 Å². The average molecular weight is 191 g/mol. The quantitative estimate of drug-likeness (QED) is 0.636. The van der Waals surface area contributed by atoms with Gasteiger partial charge in [-0.2, -0.15) is 0 Å². The number of tetrazole rings is 1. The zero-order valence-corrected chi connectivity index (χ0v) is 7.88. The molecule has 0 radical (unpaired) electrons. The number of carbonyl (C=O) groups is 1. The highest BCUT2D eigenvalue weighted by Gasteiger charge is 2.09. The number of Topliss-reactive ketones (excluding diaryl/α,β-unsaturated/α-hetero) is 1. The zero-order chi connectivity index (χ0) is 10.1. The van der Waals surface area contributed by atoms with Gasteiger partial charge >= 0.3 is 0 Å². The molecule has 2 aromatic rings. The van der Waals surface area contributed by atoms with Gasteiger partial charge in [0.25, 0.3) is 0 Å². The Morgan fingerprint density at radius 3 is 2.79 bits per heavy atom. The molecule has 72 valence electrons. The van der Waals surface area contributed by atoms with Crippen molar-refractivity contribution < 1.29 is 4.79 Å². The Balaban J connectivity index is 2.43. The molecule has 0 aliphatic rings. The first-order chi connectivity index (χ1) is 6.68. The summed E-state index contributed by atoms with van der Waals surface area (Å²) in [6.07, 6.45) is 1.87. The highest BCUT2D eigenvalue weighted by Crippen LogP contribution is 2.03. The van der Waals surface area contributed by atoms with Crippen LogP contribution in [0.5, 0.6) is 0 Å². The molecule has 2 rings (SSSR count). The van der Waals surface area contributed by atoms with E-state index in [9.17, 15) is 4.79 Å². The van der Waals surface area contributed by atoms with E-state index in [0.29, 0.717) is 0 Å². The molecule has 0 saturated heterocycles. The lowest BCUT2D eigenvalue weighted by atomic mass is 10.4. The van der Waals surface area contributed by atoms with Gasteiger partial charge in [0.15, 0.2) is 5.82 Å². The van der Waals surface area contributed by atoms with Crippen LogP contribution in [-0.2, 0) is 7.05 Å². The summed E-state index contributed by atoms with van der Waals surface area (Å²) >= 11 is 0. The van der Waals surface area contributed by atoms with Gasteiger partial charge in [-0.3, -0.25) is 4.79 Å². The molecule has 0 saturated carbocycles. The molecule has 2 heterocycles. The van der Waals surface area contributed by atoms with Gasteiger partial charge in [0.1, 0.15) is 0 Å². The van der Waals surface area contributed by atoms with Crippen molar-refractivity contribution in [3.8, 4) is 5.82 Å². The fourth-order valence-corrected chi connectivity index (χ4v) is 1.11. The van der Waals surface area contributed by atoms with E-state index in [2.05, 4.69) is 15.4 Å². The minimum Gasteiger partial charge on any atom is -0.335 e. The maximum Gasteiger partial charge on any atom is 0.240 e. The molecular formula is C8H9N5O. The van der Waals surface area contributed by atoms with Crippen LogP contribution < -0.4 is 0 Å². The molecule has 0 atom stereocenters. The van der Waals surface area contributed by atoms with Crippen LogP contribution in [0.15, 0.2) is 18.3 Å². The number of ketones is 1. The number of hydrogen-bond acceptors (Lipinski definition) is 4. The molecule has 0 fully saturated rings. The van der Waals surface area contributed by atoms with Crippen molar-refractivity contribution in [2.24, 2.45) is 7.05 Å². The molecule has 0 bridgehead atoms. The molecule has 6 heteroatoms. The van der Waals surface area contributed by atoms with Gasteiger partial charge in [-0.05, 0) is 17.3 Å². The third-order valence-electron chi connectivity index (χ3n) is 1.85. The van der Waals surface area contributed by atoms with Gasteiger partial charge in [-0.25, -0.2) is 0 Å². The van der Waals surface area contributed by atoms with Crippen molar-refractivity contribution in [2.75, 3.05) is 0 Å². The topological polar surface area (TPSA) is 65.6 Å². The van der Waals surface area contributed by atoms with Crippen LogP contribution in [0.25, 0.3) is 5.82 Å². The molecule has 2 aromatic heterocycles. The van der Waals surface area contributed by atoms with Gasteiger partial charge in [0.2, 0.25) is 11.6 Å². The van der Waals surface area contributed by atoms with Crippen LogP contribution in [0.1, 0.15) is 17.5 Å². The summed E-state index contributed by atoms with van der Waals surface area (Å²) in [5, 5.41) is 11.3. The van der Waals surface area contributed by atoms with E-state index in [-0.39, 0.29) is 11.6 Å². The monoisotopic (exact) mass is 191 g/mol. The number of rotatable bonds is 2. The molecule has 0 spiro atoms. The summed E-state index contributed by atoms with van der Waals surface area (Å²) in [5.41, 5.74) is 0. The molecule has 0 amide bonds. The van der Waals surface area contributed by atoms with Crippen molar-refractivity contribution in [3.63, 3.8) is 0 Å². The third-order valence-corrected chi connectivity index (χ3v) is 1.85. The first-order valence-electron chi connectivity index (χ1n) is 4.11. The molecular weight excluding hydrogens is 182 g/mol. The summed E-state index contributed by atoms with van der Waals surface area (Å²) in [6.45, 7) is 1.41. The van der Waals surface area contributed by atoms with Crippen LogP contribution in [0.2, 0.25) is 0 Å². The first kappa shape index (κ1) is 8.61. The molecule has 0 N–H and O–H groups in total. The number of nitrogens with zero attached hydrogens (tertiary/aromatic N) is 5. The molecule has 0 aliphatic heterocycles. The molecule has 6 nitrogen and oxygen atoms in total. The molecule has 0 aliphatic carbocycles. The van der Waals surface area contributed by atoms with Crippen molar-refractivity contribution in [1.29, 1.82) is 0 Å². The van der Waals surface area contributed by atoms with Crippen LogP contribution in [0, 0.1) is 0 Å². The van der Waals surface area contributed by atoms with Crippen LogP contribution in [-0.4, -0.2) is 30.6 Å². The Kier molecular flexibility index (Phi) is 1.88. The molecule has 0 aromatic carbocycles. The second-order valence-electron chi connectivity index (χ2n) is 2.94. The van der Waals surface area contributed by atoms with E-state index >= 15 is 0 Å². The van der Waals surface area contributed by atoms with Gasteiger partial charge in [0.05, 0.1) is 0 Å². The van der Waals surface area contributed by atoms with Crippen LogP contribution in [0.4, 0.5) is 0 Å². The third kappa shape index (κ3) is 1.30. The van der Waals surface area contributed by atoms with Crippen molar-refractivity contribution in [3.05, 3.63) is 24.2 Å². The predicted molar refractivity (Wildman–Crippen MR) is 48.1 cm³/mol. The fourth-order valence-electron chi connectivity index (χ4n) is 1.11. The summed E-state index contributed by atoms with van der Waals surface area (Å²) < 4.78 is 1.84. The summed E-state index contributed by atoms with van der Waals surface area (Å²) in [5.74, 6) is 0.710. The first-order valence-corrected chi connectivity index (χ1v) is 4.11. The van der Waals surface area contributed by atoms with Crippen molar-refractivity contribution in [2.45, 2.75) is 6.92 Å². The highest BCUT2D eigenvalue weighted by atomic mass is 16.1. The van der Waals surface area contributed by atoms with Crippen molar-refractivity contribution in [1.82, 2.24) is 24.8 Å². The van der Waals surface area contributed by atoms with Crippen LogP contribution in [0.3, 0.4) is 0 Å². The highest BCUT2D eigenvalue weighted by molar-refractivity contribution is 5.89. The van der Waals surface area contributed by atoms with Gasteiger partial charge in [-0.1, -0.05) is 0 Å². The van der Waals surface area contributed by atoms with E-state index in [0.717, 1.165) is 5.82 Å². The lowest BCUT2D eigenvalue weighted by Gasteiger charge is -1.98. The number of aromatic nitrogens is 5. The normalized spacial score (nSPS) is 10.4.